The Hall–Kier alpha value is -0.820. The van der Waals surface area contributed by atoms with E-state index in [2.05, 4.69) is 49.1 Å². The zero-order valence-electron chi connectivity index (χ0n) is 11.2. The van der Waals surface area contributed by atoms with Crippen LogP contribution in [-0.4, -0.2) is 18.0 Å². The van der Waals surface area contributed by atoms with Crippen molar-refractivity contribution in [2.75, 3.05) is 13.1 Å². The van der Waals surface area contributed by atoms with Crippen molar-refractivity contribution < 1.29 is 0 Å². The average molecular weight is 231 g/mol. The van der Waals surface area contributed by atoms with E-state index in [-0.39, 0.29) is 0 Å². The highest BCUT2D eigenvalue weighted by molar-refractivity contribution is 5.19. The van der Waals surface area contributed by atoms with Crippen molar-refractivity contribution in [3.63, 3.8) is 0 Å². The highest BCUT2D eigenvalue weighted by Crippen LogP contribution is 2.32. The lowest BCUT2D eigenvalue weighted by Crippen LogP contribution is -2.28. The summed E-state index contributed by atoms with van der Waals surface area (Å²) in [5.74, 6) is 0.837. The monoisotopic (exact) mass is 231 g/mol. The van der Waals surface area contributed by atoms with Gasteiger partial charge in [-0.1, -0.05) is 50.6 Å². The second kappa shape index (κ2) is 6.20. The number of hydrogen-bond donors (Lipinski definition) is 0. The zero-order chi connectivity index (χ0) is 12.1. The Morgan fingerprint density at radius 1 is 1.29 bits per heavy atom. The molecule has 0 aliphatic carbocycles. The van der Waals surface area contributed by atoms with E-state index >= 15 is 0 Å². The predicted molar refractivity (Wildman–Crippen MR) is 74.1 cm³/mol. The Balaban J connectivity index is 1.98. The second-order valence-corrected chi connectivity index (χ2v) is 5.46. The van der Waals surface area contributed by atoms with Crippen LogP contribution in [0.1, 0.15) is 51.1 Å². The van der Waals surface area contributed by atoms with Crippen LogP contribution in [0.3, 0.4) is 0 Å². The van der Waals surface area contributed by atoms with Crippen LogP contribution in [0.4, 0.5) is 0 Å². The lowest BCUT2D eigenvalue weighted by Gasteiger charge is -2.27. The fraction of sp³-hybridized carbons (Fsp3) is 0.625. The van der Waals surface area contributed by atoms with Crippen molar-refractivity contribution in [2.24, 2.45) is 5.92 Å². The number of nitrogens with zero attached hydrogens (tertiary/aromatic N) is 1. The van der Waals surface area contributed by atoms with Gasteiger partial charge in [-0.15, -0.1) is 0 Å². The average Bonchev–Trinajstić information content (AvgIpc) is 2.78. The standard InChI is InChI=1S/C16H25N/c1-3-8-14(2)13-17-12-7-11-16(17)15-9-5-4-6-10-15/h4-6,9-10,14,16H,3,7-8,11-13H2,1-2H3/t14?,16-/m0/s1. The molecule has 94 valence electrons. The Morgan fingerprint density at radius 3 is 2.76 bits per heavy atom. The molecule has 0 N–H and O–H groups in total. The van der Waals surface area contributed by atoms with Crippen LogP contribution in [-0.2, 0) is 0 Å². The van der Waals surface area contributed by atoms with Crippen LogP contribution in [0.25, 0.3) is 0 Å². The highest BCUT2D eigenvalue weighted by Gasteiger charge is 2.26. The first-order chi connectivity index (χ1) is 8.31. The minimum Gasteiger partial charge on any atom is -0.296 e. The zero-order valence-corrected chi connectivity index (χ0v) is 11.2. The molecule has 1 heteroatoms. The molecule has 1 saturated heterocycles. The largest absolute Gasteiger partial charge is 0.296 e. The molecule has 0 spiro atoms. The van der Waals surface area contributed by atoms with Gasteiger partial charge in [-0.3, -0.25) is 4.90 Å². The van der Waals surface area contributed by atoms with Gasteiger partial charge in [0, 0.05) is 12.6 Å². The quantitative estimate of drug-likeness (QED) is 0.732. The molecule has 17 heavy (non-hydrogen) atoms. The minimum absolute atomic E-state index is 0.676. The summed E-state index contributed by atoms with van der Waals surface area (Å²) in [4.78, 5) is 2.69. The first-order valence-corrected chi connectivity index (χ1v) is 7.10. The van der Waals surface area contributed by atoms with Gasteiger partial charge in [-0.05, 0) is 37.3 Å². The summed E-state index contributed by atoms with van der Waals surface area (Å²) in [5, 5.41) is 0. The number of rotatable bonds is 5. The maximum Gasteiger partial charge on any atom is 0.0348 e. The van der Waals surface area contributed by atoms with E-state index < -0.39 is 0 Å². The second-order valence-electron chi connectivity index (χ2n) is 5.46. The molecule has 2 atom stereocenters. The summed E-state index contributed by atoms with van der Waals surface area (Å²) in [7, 11) is 0. The molecule has 0 amide bonds. The van der Waals surface area contributed by atoms with Crippen molar-refractivity contribution in [1.82, 2.24) is 4.90 Å². The highest BCUT2D eigenvalue weighted by atomic mass is 15.2. The maximum absolute atomic E-state index is 2.69. The molecule has 0 radical (unpaired) electrons. The summed E-state index contributed by atoms with van der Waals surface area (Å²) in [6.45, 7) is 7.24. The third-order valence-electron chi connectivity index (χ3n) is 3.88. The lowest BCUT2D eigenvalue weighted by molar-refractivity contribution is 0.217. The minimum atomic E-state index is 0.676. The van der Waals surface area contributed by atoms with E-state index in [1.165, 1.54) is 44.3 Å². The van der Waals surface area contributed by atoms with Gasteiger partial charge in [-0.2, -0.15) is 0 Å². The van der Waals surface area contributed by atoms with Crippen LogP contribution < -0.4 is 0 Å². The summed E-state index contributed by atoms with van der Waals surface area (Å²) in [6, 6.07) is 11.7. The Kier molecular flexibility index (Phi) is 4.61. The third-order valence-corrected chi connectivity index (χ3v) is 3.88. The van der Waals surface area contributed by atoms with Gasteiger partial charge in [0.05, 0.1) is 0 Å². The molecule has 1 aromatic rings. The normalized spacial score (nSPS) is 22.8. The molecule has 0 bridgehead atoms. The molecular weight excluding hydrogens is 206 g/mol. The Bertz CT molecular complexity index is 320. The molecule has 1 aliphatic heterocycles. The van der Waals surface area contributed by atoms with E-state index in [9.17, 15) is 0 Å². The molecule has 1 nitrogen and oxygen atoms in total. The SMILES string of the molecule is CCCC(C)CN1CCC[C@H]1c1ccccc1. The van der Waals surface area contributed by atoms with Crippen molar-refractivity contribution in [3.8, 4) is 0 Å². The van der Waals surface area contributed by atoms with Gasteiger partial charge in [-0.25, -0.2) is 0 Å². The summed E-state index contributed by atoms with van der Waals surface area (Å²) in [5.41, 5.74) is 1.51. The van der Waals surface area contributed by atoms with Gasteiger partial charge in [0.25, 0.3) is 0 Å². The lowest BCUT2D eigenvalue weighted by atomic mass is 10.0. The number of likely N-dealkylation sites (tertiary alicyclic amines) is 1. The van der Waals surface area contributed by atoms with E-state index in [0.29, 0.717) is 6.04 Å². The summed E-state index contributed by atoms with van der Waals surface area (Å²) in [6.07, 6.45) is 5.37. The van der Waals surface area contributed by atoms with E-state index in [1.807, 2.05) is 0 Å². The first kappa shape index (κ1) is 12.6. The van der Waals surface area contributed by atoms with Crippen molar-refractivity contribution in [3.05, 3.63) is 35.9 Å². The fourth-order valence-corrected chi connectivity index (χ4v) is 3.08. The van der Waals surface area contributed by atoms with Crippen LogP contribution in [0.5, 0.6) is 0 Å². The van der Waals surface area contributed by atoms with Gasteiger partial charge in [0.1, 0.15) is 0 Å². The molecule has 1 fully saturated rings. The number of benzene rings is 1. The molecular formula is C16H25N. The van der Waals surface area contributed by atoms with Gasteiger partial charge < -0.3 is 0 Å². The molecule has 1 unspecified atom stereocenters. The van der Waals surface area contributed by atoms with Gasteiger partial charge in [0.15, 0.2) is 0 Å². The summed E-state index contributed by atoms with van der Waals surface area (Å²) >= 11 is 0. The van der Waals surface area contributed by atoms with E-state index in [1.54, 1.807) is 0 Å². The van der Waals surface area contributed by atoms with Crippen LogP contribution >= 0.6 is 0 Å². The van der Waals surface area contributed by atoms with Gasteiger partial charge >= 0.3 is 0 Å². The fourth-order valence-electron chi connectivity index (χ4n) is 3.08. The topological polar surface area (TPSA) is 3.24 Å². The Morgan fingerprint density at radius 2 is 2.06 bits per heavy atom. The van der Waals surface area contributed by atoms with Crippen molar-refractivity contribution in [1.29, 1.82) is 0 Å². The van der Waals surface area contributed by atoms with Crippen molar-refractivity contribution in [2.45, 2.75) is 45.6 Å². The van der Waals surface area contributed by atoms with Crippen molar-refractivity contribution >= 4 is 0 Å². The molecule has 0 saturated carbocycles. The molecule has 1 heterocycles. The Labute approximate surface area is 106 Å². The van der Waals surface area contributed by atoms with E-state index in [0.717, 1.165) is 5.92 Å². The van der Waals surface area contributed by atoms with Crippen LogP contribution in [0.15, 0.2) is 30.3 Å². The first-order valence-electron chi connectivity index (χ1n) is 7.10. The summed E-state index contributed by atoms with van der Waals surface area (Å²) < 4.78 is 0. The molecule has 1 aromatic carbocycles. The smallest absolute Gasteiger partial charge is 0.0348 e. The third kappa shape index (κ3) is 3.32. The molecule has 1 aliphatic rings. The number of hydrogen-bond acceptors (Lipinski definition) is 1. The van der Waals surface area contributed by atoms with E-state index in [4.69, 9.17) is 0 Å². The predicted octanol–water partition coefficient (Wildman–Crippen LogP) is 4.26. The maximum atomic E-state index is 2.69. The van der Waals surface area contributed by atoms with Gasteiger partial charge in [0.2, 0.25) is 0 Å². The van der Waals surface area contributed by atoms with Crippen LogP contribution in [0, 0.1) is 5.92 Å². The molecule has 0 aromatic heterocycles. The molecule has 2 rings (SSSR count). The van der Waals surface area contributed by atoms with Crippen LogP contribution in [0.2, 0.25) is 0 Å².